The molecule has 1 N–H and O–H groups in total. The molecule has 1 heterocycles. The van der Waals surface area contributed by atoms with Crippen LogP contribution in [-0.2, 0) is 17.5 Å². The Labute approximate surface area is 150 Å². The van der Waals surface area contributed by atoms with Gasteiger partial charge in [-0.3, -0.25) is 14.6 Å². The fraction of sp³-hybridized carbons (Fsp3) is 0.588. The summed E-state index contributed by atoms with van der Waals surface area (Å²) >= 11 is 5.82. The molecule has 0 saturated carbocycles. The van der Waals surface area contributed by atoms with Gasteiger partial charge < -0.3 is 5.11 Å². The van der Waals surface area contributed by atoms with Crippen LogP contribution in [0.2, 0.25) is 5.02 Å². The molecule has 0 aliphatic carbocycles. The molecular formula is C17H22ClF3N2O2. The third-order valence-corrected chi connectivity index (χ3v) is 4.73. The van der Waals surface area contributed by atoms with Crippen molar-refractivity contribution >= 4 is 17.6 Å². The van der Waals surface area contributed by atoms with E-state index in [1.165, 1.54) is 0 Å². The third kappa shape index (κ3) is 5.87. The molecule has 1 aromatic rings. The van der Waals surface area contributed by atoms with Crippen LogP contribution in [0.5, 0.6) is 0 Å². The maximum atomic E-state index is 12.9. The number of carbonyl (C=O) groups is 1. The molecule has 1 aliphatic heterocycles. The molecule has 25 heavy (non-hydrogen) atoms. The average Bonchev–Trinajstić information content (AvgIpc) is 2.52. The summed E-state index contributed by atoms with van der Waals surface area (Å²) in [5.41, 5.74) is -0.195. The summed E-state index contributed by atoms with van der Waals surface area (Å²) in [5, 5.41) is 9.04. The first-order valence-corrected chi connectivity index (χ1v) is 8.61. The van der Waals surface area contributed by atoms with Gasteiger partial charge in [0, 0.05) is 17.6 Å². The number of benzene rings is 1. The number of carboxylic acids is 1. The van der Waals surface area contributed by atoms with Gasteiger partial charge in [-0.2, -0.15) is 13.2 Å². The van der Waals surface area contributed by atoms with Gasteiger partial charge in [-0.25, -0.2) is 0 Å². The van der Waals surface area contributed by atoms with Crippen molar-refractivity contribution in [2.75, 3.05) is 26.2 Å². The minimum absolute atomic E-state index is 0.0183. The van der Waals surface area contributed by atoms with Gasteiger partial charge in [0.1, 0.15) is 0 Å². The van der Waals surface area contributed by atoms with Gasteiger partial charge in [-0.05, 0) is 56.2 Å². The zero-order chi connectivity index (χ0) is 18.6. The van der Waals surface area contributed by atoms with E-state index in [1.807, 2.05) is 11.8 Å². The average molecular weight is 379 g/mol. The van der Waals surface area contributed by atoms with Crippen LogP contribution in [-0.4, -0.2) is 53.1 Å². The van der Waals surface area contributed by atoms with Crippen LogP contribution in [0.25, 0.3) is 0 Å². The molecule has 0 radical (unpaired) electrons. The Bertz CT molecular complexity index is 602. The zero-order valence-corrected chi connectivity index (χ0v) is 14.8. The number of likely N-dealkylation sites (tertiary alicyclic amines) is 1. The Hall–Kier alpha value is -1.31. The SMILES string of the molecule is CCN(CC(=O)O)C1CCN(Cc2cc(Cl)cc(C(F)(F)F)c2)CC1. The van der Waals surface area contributed by atoms with E-state index in [4.69, 9.17) is 16.7 Å². The van der Waals surface area contributed by atoms with Gasteiger partial charge in [-0.15, -0.1) is 0 Å². The second kappa shape index (κ2) is 8.38. The second-order valence-corrected chi connectivity index (χ2v) is 6.75. The summed E-state index contributed by atoms with van der Waals surface area (Å²) in [7, 11) is 0. The Morgan fingerprint density at radius 3 is 2.48 bits per heavy atom. The van der Waals surface area contributed by atoms with Gasteiger partial charge in [0.05, 0.1) is 12.1 Å². The van der Waals surface area contributed by atoms with Gasteiger partial charge in [-0.1, -0.05) is 18.5 Å². The summed E-state index contributed by atoms with van der Waals surface area (Å²) in [4.78, 5) is 14.9. The highest BCUT2D eigenvalue weighted by atomic mass is 35.5. The highest BCUT2D eigenvalue weighted by Crippen LogP contribution is 2.32. The van der Waals surface area contributed by atoms with Crippen molar-refractivity contribution in [1.29, 1.82) is 0 Å². The number of carboxylic acid groups (broad SMARTS) is 1. The fourth-order valence-electron chi connectivity index (χ4n) is 3.28. The highest BCUT2D eigenvalue weighted by molar-refractivity contribution is 6.30. The zero-order valence-electron chi connectivity index (χ0n) is 14.0. The summed E-state index contributed by atoms with van der Waals surface area (Å²) in [5.74, 6) is -0.845. The standard InChI is InChI=1S/C17H22ClF3N2O2/c1-2-23(11-16(24)25)15-3-5-22(6-4-15)10-12-7-13(17(19,20)21)9-14(18)8-12/h7-9,15H,2-6,10-11H2,1H3,(H,24,25). The lowest BCUT2D eigenvalue weighted by Crippen LogP contribution is -2.46. The molecule has 4 nitrogen and oxygen atoms in total. The maximum absolute atomic E-state index is 12.9. The Morgan fingerprint density at radius 2 is 1.96 bits per heavy atom. The fourth-order valence-corrected chi connectivity index (χ4v) is 3.54. The summed E-state index contributed by atoms with van der Waals surface area (Å²) in [6.07, 6.45) is -2.81. The molecule has 0 unspecified atom stereocenters. The molecule has 1 aromatic carbocycles. The summed E-state index contributed by atoms with van der Waals surface area (Å²) in [6, 6.07) is 3.83. The Kier molecular flexibility index (Phi) is 6.71. The lowest BCUT2D eigenvalue weighted by Gasteiger charge is -2.37. The van der Waals surface area contributed by atoms with Gasteiger partial charge in [0.15, 0.2) is 0 Å². The van der Waals surface area contributed by atoms with Crippen LogP contribution in [0.15, 0.2) is 18.2 Å². The highest BCUT2D eigenvalue weighted by Gasteiger charge is 2.31. The number of likely N-dealkylation sites (N-methyl/N-ethyl adjacent to an activating group) is 1. The molecule has 0 bridgehead atoms. The first kappa shape index (κ1) is 20.0. The van der Waals surface area contributed by atoms with Crippen molar-refractivity contribution in [3.05, 3.63) is 34.3 Å². The number of nitrogens with zero attached hydrogens (tertiary/aromatic N) is 2. The van der Waals surface area contributed by atoms with E-state index in [9.17, 15) is 18.0 Å². The van der Waals surface area contributed by atoms with E-state index in [0.29, 0.717) is 31.7 Å². The number of aliphatic carboxylic acids is 1. The predicted molar refractivity (Wildman–Crippen MR) is 89.6 cm³/mol. The van der Waals surface area contributed by atoms with Crippen LogP contribution in [0.1, 0.15) is 30.9 Å². The maximum Gasteiger partial charge on any atom is 0.416 e. The van der Waals surface area contributed by atoms with E-state index in [1.54, 1.807) is 6.07 Å². The molecule has 0 atom stereocenters. The molecule has 140 valence electrons. The van der Waals surface area contributed by atoms with Crippen molar-refractivity contribution in [1.82, 2.24) is 9.80 Å². The van der Waals surface area contributed by atoms with Crippen LogP contribution in [0.3, 0.4) is 0 Å². The van der Waals surface area contributed by atoms with Crippen molar-refractivity contribution < 1.29 is 23.1 Å². The monoisotopic (exact) mass is 378 g/mol. The summed E-state index contributed by atoms with van der Waals surface area (Å²) < 4.78 is 38.7. The van der Waals surface area contributed by atoms with Crippen molar-refractivity contribution in [2.45, 2.75) is 38.5 Å². The molecule has 8 heteroatoms. The Balaban J connectivity index is 1.96. The van der Waals surface area contributed by atoms with Gasteiger partial charge >= 0.3 is 12.1 Å². The number of hydrogen-bond donors (Lipinski definition) is 1. The first-order chi connectivity index (χ1) is 11.7. The topological polar surface area (TPSA) is 43.8 Å². The number of piperidine rings is 1. The quantitative estimate of drug-likeness (QED) is 0.819. The molecule has 1 fully saturated rings. The molecular weight excluding hydrogens is 357 g/mol. The van der Waals surface area contributed by atoms with E-state index < -0.39 is 17.7 Å². The van der Waals surface area contributed by atoms with Crippen LogP contribution in [0.4, 0.5) is 13.2 Å². The lowest BCUT2D eigenvalue weighted by atomic mass is 10.0. The second-order valence-electron chi connectivity index (χ2n) is 6.31. The van der Waals surface area contributed by atoms with Crippen LogP contribution in [0, 0.1) is 0 Å². The predicted octanol–water partition coefficient (Wildman–Crippen LogP) is 3.73. The van der Waals surface area contributed by atoms with E-state index >= 15 is 0 Å². The normalized spacial score (nSPS) is 17.2. The Morgan fingerprint density at radius 1 is 1.32 bits per heavy atom. The van der Waals surface area contributed by atoms with E-state index in [2.05, 4.69) is 4.90 Å². The third-order valence-electron chi connectivity index (χ3n) is 4.51. The lowest BCUT2D eigenvalue weighted by molar-refractivity contribution is -0.139. The van der Waals surface area contributed by atoms with E-state index in [0.717, 1.165) is 25.0 Å². The largest absolute Gasteiger partial charge is 0.480 e. The minimum atomic E-state index is -4.41. The number of alkyl halides is 3. The first-order valence-electron chi connectivity index (χ1n) is 8.24. The molecule has 1 saturated heterocycles. The molecule has 0 amide bonds. The number of halogens is 4. The molecule has 1 aliphatic rings. The van der Waals surface area contributed by atoms with Crippen molar-refractivity contribution in [3.8, 4) is 0 Å². The van der Waals surface area contributed by atoms with Crippen molar-refractivity contribution in [3.63, 3.8) is 0 Å². The van der Waals surface area contributed by atoms with E-state index in [-0.39, 0.29) is 17.6 Å². The molecule has 2 rings (SSSR count). The van der Waals surface area contributed by atoms with Gasteiger partial charge in [0.2, 0.25) is 0 Å². The number of rotatable bonds is 6. The smallest absolute Gasteiger partial charge is 0.416 e. The molecule has 0 aromatic heterocycles. The van der Waals surface area contributed by atoms with Crippen LogP contribution < -0.4 is 0 Å². The van der Waals surface area contributed by atoms with Crippen LogP contribution >= 0.6 is 11.6 Å². The molecule has 0 spiro atoms. The van der Waals surface area contributed by atoms with Gasteiger partial charge in [0.25, 0.3) is 0 Å². The minimum Gasteiger partial charge on any atom is -0.480 e. The van der Waals surface area contributed by atoms with Crippen molar-refractivity contribution in [2.24, 2.45) is 0 Å². The number of hydrogen-bond acceptors (Lipinski definition) is 3. The summed E-state index contributed by atoms with van der Waals surface area (Å²) in [6.45, 7) is 4.45.